The maximum Gasteiger partial charge on any atom is 0.134 e. The van der Waals surface area contributed by atoms with Gasteiger partial charge in [0.2, 0.25) is 0 Å². The monoisotopic (exact) mass is 136 g/mol. The molecule has 10 heavy (non-hydrogen) atoms. The van der Waals surface area contributed by atoms with Crippen LogP contribution < -0.4 is 0 Å². The largest absolute Gasteiger partial charge is 0.233 e. The Morgan fingerprint density at radius 1 is 1.20 bits per heavy atom. The topological polar surface area (TPSA) is 51.2 Å². The Morgan fingerprint density at radius 3 is 2.10 bits per heavy atom. The molecule has 3 nitrogen and oxygen atoms in total. The summed E-state index contributed by atoms with van der Waals surface area (Å²) in [6.07, 6.45) is 0.841. The van der Waals surface area contributed by atoms with Crippen molar-refractivity contribution >= 4 is 17.8 Å². The summed E-state index contributed by atoms with van der Waals surface area (Å²) in [4.78, 5) is 29.5. The van der Waals surface area contributed by atoms with E-state index in [0.29, 0.717) is 0 Å². The van der Waals surface area contributed by atoms with Gasteiger partial charge in [-0.25, -0.2) is 14.4 Å². The smallest absolute Gasteiger partial charge is 0.134 e. The lowest BCUT2D eigenvalue weighted by molar-refractivity contribution is 0.563. The molecule has 0 aliphatic carbocycles. The van der Waals surface area contributed by atoms with Crippen LogP contribution in [0.3, 0.4) is 0 Å². The van der Waals surface area contributed by atoms with E-state index in [4.69, 9.17) is 0 Å². The second-order valence-corrected chi connectivity index (χ2v) is 1.50. The minimum absolute atomic E-state index is 0.0540. The summed E-state index contributed by atoms with van der Waals surface area (Å²) in [7, 11) is 0. The van der Waals surface area contributed by atoms with E-state index in [1.165, 1.54) is 24.7 Å². The van der Waals surface area contributed by atoms with Crippen molar-refractivity contribution in [2.45, 2.75) is 6.92 Å². The second-order valence-electron chi connectivity index (χ2n) is 1.50. The molecule has 0 spiro atoms. The third-order valence-electron chi connectivity index (χ3n) is 0.870. The van der Waals surface area contributed by atoms with Crippen molar-refractivity contribution in [2.24, 2.45) is 0 Å². The molecule has 0 N–H and O–H groups in total. The molecule has 0 radical (unpaired) electrons. The van der Waals surface area contributed by atoms with Crippen LogP contribution in [0.15, 0.2) is 17.2 Å². The molecule has 3 heteroatoms. The molecule has 0 aromatic carbocycles. The first kappa shape index (κ1) is 8.35. The van der Waals surface area contributed by atoms with E-state index in [-0.39, 0.29) is 11.1 Å². The number of carbonyl (C=O) groups excluding carboxylic acids is 3. The maximum atomic E-state index is 9.92. The third kappa shape index (κ3) is 2.08. The fourth-order valence-corrected chi connectivity index (χ4v) is 0.328. The summed E-state index contributed by atoms with van der Waals surface area (Å²) >= 11 is 0. The van der Waals surface area contributed by atoms with Gasteiger partial charge in [0, 0.05) is 6.08 Å². The van der Waals surface area contributed by atoms with Gasteiger partial charge in [-0.1, -0.05) is 0 Å². The molecule has 0 aliphatic rings. The third-order valence-corrected chi connectivity index (χ3v) is 0.870. The maximum absolute atomic E-state index is 9.92. The second kappa shape index (κ2) is 4.25. The highest BCUT2D eigenvalue weighted by Gasteiger charge is 1.95. The van der Waals surface area contributed by atoms with Crippen LogP contribution in [0.4, 0.5) is 0 Å². The molecule has 0 aromatic heterocycles. The van der Waals surface area contributed by atoms with Crippen LogP contribution in [0, 0.1) is 0 Å². The van der Waals surface area contributed by atoms with Gasteiger partial charge in [-0.3, -0.25) is 0 Å². The van der Waals surface area contributed by atoms with E-state index < -0.39 is 0 Å². The van der Waals surface area contributed by atoms with Gasteiger partial charge in [0.25, 0.3) is 0 Å². The van der Waals surface area contributed by atoms with Crippen molar-refractivity contribution < 1.29 is 14.4 Å². The van der Waals surface area contributed by atoms with Crippen molar-refractivity contribution in [1.82, 2.24) is 0 Å². The van der Waals surface area contributed by atoms with E-state index in [2.05, 4.69) is 0 Å². The van der Waals surface area contributed by atoms with Gasteiger partial charge >= 0.3 is 0 Å². The molecule has 0 rings (SSSR count). The molecule has 0 saturated carbocycles. The molecule has 0 heterocycles. The van der Waals surface area contributed by atoms with Gasteiger partial charge in [0.1, 0.15) is 17.8 Å². The Balaban J connectivity index is 4.91. The Morgan fingerprint density at radius 2 is 1.80 bits per heavy atom. The van der Waals surface area contributed by atoms with Gasteiger partial charge < -0.3 is 0 Å². The van der Waals surface area contributed by atoms with E-state index in [1.807, 2.05) is 0 Å². The van der Waals surface area contributed by atoms with E-state index in [1.54, 1.807) is 0 Å². The van der Waals surface area contributed by atoms with Crippen LogP contribution in [-0.4, -0.2) is 17.8 Å². The number of hydrogen-bond acceptors (Lipinski definition) is 3. The highest BCUT2D eigenvalue weighted by Crippen LogP contribution is 1.99. The quantitative estimate of drug-likeness (QED) is 0.393. The fourth-order valence-electron chi connectivity index (χ4n) is 0.328. The summed E-state index contributed by atoms with van der Waals surface area (Å²) in [5, 5.41) is 0. The first-order valence-electron chi connectivity index (χ1n) is 2.44. The average molecular weight is 136 g/mol. The minimum atomic E-state index is -0.106. The molecule has 0 bridgehead atoms. The fraction of sp³-hybridized carbons (Fsp3) is 0.143. The predicted molar refractivity (Wildman–Crippen MR) is 34.4 cm³/mol. The molecule has 0 amide bonds. The van der Waals surface area contributed by atoms with Crippen molar-refractivity contribution in [3.8, 4) is 0 Å². The SMILES string of the molecule is CC(=C=O)C(=C=O)C=C=O. The zero-order chi connectivity index (χ0) is 7.98. The molecular formula is C7H4O3. The Bertz CT molecular complexity index is 269. The lowest BCUT2D eigenvalue weighted by Crippen LogP contribution is -1.82. The zero-order valence-corrected chi connectivity index (χ0v) is 5.30. The Hall–Kier alpha value is -1.65. The van der Waals surface area contributed by atoms with Crippen LogP contribution in [0.25, 0.3) is 0 Å². The summed E-state index contributed by atoms with van der Waals surface area (Å²) in [6, 6.07) is 0. The van der Waals surface area contributed by atoms with E-state index in [9.17, 15) is 14.4 Å². The molecule has 0 aliphatic heterocycles. The lowest BCUT2D eigenvalue weighted by Gasteiger charge is -1.83. The molecule has 0 fully saturated rings. The standard InChI is InChI=1S/C7H4O3/c1-6(4-9)7(5-10)2-3-8/h2H,1H3. The molecule has 0 atom stereocenters. The van der Waals surface area contributed by atoms with Crippen molar-refractivity contribution in [3.05, 3.63) is 17.2 Å². The van der Waals surface area contributed by atoms with Crippen LogP contribution in [-0.2, 0) is 14.4 Å². The van der Waals surface area contributed by atoms with Crippen molar-refractivity contribution in [3.63, 3.8) is 0 Å². The van der Waals surface area contributed by atoms with Crippen LogP contribution in [0.2, 0.25) is 0 Å². The zero-order valence-electron chi connectivity index (χ0n) is 5.30. The number of rotatable bonds is 2. The van der Waals surface area contributed by atoms with Crippen molar-refractivity contribution in [2.75, 3.05) is 0 Å². The molecule has 0 saturated heterocycles. The van der Waals surface area contributed by atoms with Gasteiger partial charge in [0.05, 0.1) is 11.1 Å². The summed E-state index contributed by atoms with van der Waals surface area (Å²) in [6.45, 7) is 1.36. The predicted octanol–water partition coefficient (Wildman–Crippen LogP) is -0.0899. The molecule has 0 unspecified atom stereocenters. The summed E-state index contributed by atoms with van der Waals surface area (Å²) in [5.41, 5.74) is -0.0525. The minimum Gasteiger partial charge on any atom is -0.233 e. The van der Waals surface area contributed by atoms with E-state index in [0.717, 1.165) is 6.08 Å². The van der Waals surface area contributed by atoms with Crippen LogP contribution in [0.1, 0.15) is 6.92 Å². The van der Waals surface area contributed by atoms with Crippen molar-refractivity contribution in [1.29, 1.82) is 0 Å². The number of hydrogen-bond donors (Lipinski definition) is 0. The molecule has 50 valence electrons. The summed E-state index contributed by atoms with van der Waals surface area (Å²) in [5.74, 6) is 4.22. The van der Waals surface area contributed by atoms with Gasteiger partial charge in [-0.05, 0) is 6.92 Å². The highest BCUT2D eigenvalue weighted by atomic mass is 16.1. The Kier molecular flexibility index (Phi) is 3.55. The van der Waals surface area contributed by atoms with Crippen LogP contribution in [0.5, 0.6) is 0 Å². The average Bonchev–Trinajstić information content (AvgIpc) is 1.99. The van der Waals surface area contributed by atoms with Gasteiger partial charge in [-0.2, -0.15) is 0 Å². The number of allylic oxidation sites excluding steroid dienone is 3. The van der Waals surface area contributed by atoms with Crippen LogP contribution >= 0.6 is 0 Å². The van der Waals surface area contributed by atoms with Gasteiger partial charge in [0.15, 0.2) is 0 Å². The first-order chi connectivity index (χ1) is 4.76. The molecular weight excluding hydrogens is 132 g/mol. The highest BCUT2D eigenvalue weighted by molar-refractivity contribution is 5.77. The van der Waals surface area contributed by atoms with Gasteiger partial charge in [-0.15, -0.1) is 0 Å². The molecule has 0 aromatic rings. The Labute approximate surface area is 57.3 Å². The first-order valence-corrected chi connectivity index (χ1v) is 2.44. The normalized spacial score (nSPS) is 6.50. The lowest BCUT2D eigenvalue weighted by atomic mass is 10.1. The summed E-state index contributed by atoms with van der Waals surface area (Å²) < 4.78 is 0. The van der Waals surface area contributed by atoms with E-state index >= 15 is 0 Å².